The number of pyridine rings is 1. The first-order valence-electron chi connectivity index (χ1n) is 14.0. The summed E-state index contributed by atoms with van der Waals surface area (Å²) < 4.78 is 14.8. The number of carboxylic acid groups (broad SMARTS) is 1. The van der Waals surface area contributed by atoms with Gasteiger partial charge in [0.25, 0.3) is 5.91 Å². The predicted molar refractivity (Wildman–Crippen MR) is 177 cm³/mol. The van der Waals surface area contributed by atoms with Crippen LogP contribution >= 0.6 is 18.7 Å². The number of amides is 1. The molecule has 44 heavy (non-hydrogen) atoms. The Morgan fingerprint density at radius 3 is 2.43 bits per heavy atom. The van der Waals surface area contributed by atoms with Crippen LogP contribution in [0.5, 0.6) is 0 Å². The minimum atomic E-state index is -2.49. The van der Waals surface area contributed by atoms with Gasteiger partial charge in [-0.3, -0.25) is 9.78 Å². The Hall–Kier alpha value is -4.71. The molecule has 6 aromatic rings. The normalized spacial score (nSPS) is 11.6. The Bertz CT molecular complexity index is 2120. The summed E-state index contributed by atoms with van der Waals surface area (Å²) in [6, 6.07) is 29.5. The van der Waals surface area contributed by atoms with Crippen molar-refractivity contribution < 1.29 is 19.3 Å². The van der Waals surface area contributed by atoms with Crippen LogP contribution in [0.15, 0.2) is 103 Å². The number of halogens is 1. The lowest BCUT2D eigenvalue weighted by molar-refractivity contribution is 0.0696. The van der Waals surface area contributed by atoms with Crippen molar-refractivity contribution in [3.63, 3.8) is 0 Å². The molecular weight excluding hydrogens is 593 g/mol. The third kappa shape index (κ3) is 6.16. The van der Waals surface area contributed by atoms with Gasteiger partial charge in [0.05, 0.1) is 34.4 Å². The maximum atomic E-state index is 13.8. The summed E-state index contributed by atoms with van der Waals surface area (Å²) in [7, 11) is -2.49. The van der Waals surface area contributed by atoms with Crippen molar-refractivity contribution in [3.8, 4) is 11.1 Å². The summed E-state index contributed by atoms with van der Waals surface area (Å²) in [4.78, 5) is 29.9. The van der Waals surface area contributed by atoms with E-state index < -0.39 is 13.1 Å². The second-order valence-electron chi connectivity index (χ2n) is 11.1. The summed E-state index contributed by atoms with van der Waals surface area (Å²) in [5, 5.41) is 15.5. The summed E-state index contributed by atoms with van der Waals surface area (Å²) in [5.41, 5.74) is 5.58. The zero-order chi connectivity index (χ0) is 31.0. The highest BCUT2D eigenvalue weighted by molar-refractivity contribution is 7.70. The molecule has 0 saturated heterocycles. The van der Waals surface area contributed by atoms with Crippen LogP contribution in [0.1, 0.15) is 32.0 Å². The standard InChI is InChI=1S/C35H29ClN3O4P/c1-44(2,43)30-5-3-4-24(18-30)27-16-26-14-15-39(21-29-12-10-25-17-28(36)11-13-32(25)38-29)33(26)31(19-27)34(40)37-20-22-6-8-23(9-7-22)35(41)42/h3-19H,20-21H2,1-2H3,(H,37,40)(H,41,42). The average molecular weight is 622 g/mol. The Morgan fingerprint density at radius 2 is 1.68 bits per heavy atom. The van der Waals surface area contributed by atoms with Gasteiger partial charge >= 0.3 is 5.97 Å². The number of carbonyl (C=O) groups is 2. The Kier molecular flexibility index (Phi) is 7.85. The second-order valence-corrected chi connectivity index (χ2v) is 14.8. The molecule has 0 spiro atoms. The van der Waals surface area contributed by atoms with Crippen molar-refractivity contribution in [2.75, 3.05) is 13.3 Å². The minimum absolute atomic E-state index is 0.184. The number of nitrogens with zero attached hydrogens (tertiary/aromatic N) is 2. The quantitative estimate of drug-likeness (QED) is 0.172. The topological polar surface area (TPSA) is 101 Å². The van der Waals surface area contributed by atoms with Crippen LogP contribution in [-0.2, 0) is 17.7 Å². The van der Waals surface area contributed by atoms with Crippen LogP contribution < -0.4 is 10.6 Å². The molecule has 2 aromatic heterocycles. The van der Waals surface area contributed by atoms with E-state index in [1.165, 1.54) is 12.1 Å². The number of carbonyl (C=O) groups excluding carboxylic acids is 1. The van der Waals surface area contributed by atoms with Gasteiger partial charge in [0.15, 0.2) is 0 Å². The highest BCUT2D eigenvalue weighted by Crippen LogP contribution is 2.36. The molecule has 220 valence electrons. The Labute approximate surface area is 259 Å². The molecule has 0 aliphatic rings. The number of hydrogen-bond acceptors (Lipinski definition) is 4. The van der Waals surface area contributed by atoms with Gasteiger partial charge in [-0.1, -0.05) is 48.0 Å². The molecule has 4 aromatic carbocycles. The largest absolute Gasteiger partial charge is 0.478 e. The molecule has 0 atom stereocenters. The molecule has 0 bridgehead atoms. The van der Waals surface area contributed by atoms with E-state index in [0.29, 0.717) is 17.1 Å². The van der Waals surface area contributed by atoms with Gasteiger partial charge in [-0.25, -0.2) is 4.79 Å². The van der Waals surface area contributed by atoms with E-state index in [9.17, 15) is 19.3 Å². The molecule has 6 rings (SSSR count). The molecule has 2 N–H and O–H groups in total. The van der Waals surface area contributed by atoms with Crippen LogP contribution in [0.3, 0.4) is 0 Å². The zero-order valence-electron chi connectivity index (χ0n) is 24.1. The predicted octanol–water partition coefficient (Wildman–Crippen LogP) is 7.43. The Balaban J connectivity index is 1.40. The monoisotopic (exact) mass is 621 g/mol. The fourth-order valence-electron chi connectivity index (χ4n) is 5.29. The van der Waals surface area contributed by atoms with Gasteiger partial charge in [-0.15, -0.1) is 0 Å². The number of benzene rings is 4. The Morgan fingerprint density at radius 1 is 0.886 bits per heavy atom. The summed E-state index contributed by atoms with van der Waals surface area (Å²) in [6.07, 6.45) is 1.95. The van der Waals surface area contributed by atoms with Crippen molar-refractivity contribution >= 4 is 57.7 Å². The highest BCUT2D eigenvalue weighted by atomic mass is 35.5. The first-order valence-corrected chi connectivity index (χ1v) is 17.0. The molecule has 0 saturated carbocycles. The number of rotatable bonds is 8. The second kappa shape index (κ2) is 11.8. The van der Waals surface area contributed by atoms with Crippen LogP contribution in [0.2, 0.25) is 5.02 Å². The van der Waals surface area contributed by atoms with Crippen molar-refractivity contribution in [1.82, 2.24) is 14.9 Å². The van der Waals surface area contributed by atoms with Gasteiger partial charge in [0.1, 0.15) is 7.14 Å². The first kappa shape index (κ1) is 29.4. The number of aromatic carboxylic acids is 1. The van der Waals surface area contributed by atoms with E-state index in [1.807, 2.05) is 83.6 Å². The van der Waals surface area contributed by atoms with Gasteiger partial charge in [0, 0.05) is 33.8 Å². The van der Waals surface area contributed by atoms with E-state index >= 15 is 0 Å². The van der Waals surface area contributed by atoms with E-state index in [2.05, 4.69) is 5.32 Å². The summed E-state index contributed by atoms with van der Waals surface area (Å²) in [5.74, 6) is -1.27. The minimum Gasteiger partial charge on any atom is -0.478 e. The molecule has 7 nitrogen and oxygen atoms in total. The zero-order valence-corrected chi connectivity index (χ0v) is 25.8. The van der Waals surface area contributed by atoms with Crippen LogP contribution in [0.25, 0.3) is 32.9 Å². The number of nitrogens with one attached hydrogen (secondary N) is 1. The van der Waals surface area contributed by atoms with Crippen LogP contribution in [0.4, 0.5) is 0 Å². The number of hydrogen-bond donors (Lipinski definition) is 2. The number of carboxylic acids is 1. The van der Waals surface area contributed by atoms with Crippen LogP contribution in [-0.4, -0.2) is 39.9 Å². The van der Waals surface area contributed by atoms with Gasteiger partial charge in [0.2, 0.25) is 0 Å². The van der Waals surface area contributed by atoms with Crippen molar-refractivity contribution in [2.45, 2.75) is 13.1 Å². The molecule has 0 unspecified atom stereocenters. The van der Waals surface area contributed by atoms with Crippen molar-refractivity contribution in [3.05, 3.63) is 131 Å². The molecule has 0 fully saturated rings. The van der Waals surface area contributed by atoms with Gasteiger partial charge < -0.3 is 19.6 Å². The molecule has 0 radical (unpaired) electrons. The highest BCUT2D eigenvalue weighted by Gasteiger charge is 2.18. The number of fused-ring (bicyclic) bond motifs is 2. The van der Waals surface area contributed by atoms with E-state index in [-0.39, 0.29) is 18.0 Å². The lowest BCUT2D eigenvalue weighted by Crippen LogP contribution is -2.23. The molecular formula is C35H29ClN3O4P. The molecule has 1 amide bonds. The molecule has 0 aliphatic heterocycles. The van der Waals surface area contributed by atoms with Gasteiger partial charge in [-0.2, -0.15) is 0 Å². The van der Waals surface area contributed by atoms with E-state index in [1.54, 1.807) is 25.5 Å². The van der Waals surface area contributed by atoms with E-state index in [0.717, 1.165) is 49.5 Å². The SMILES string of the molecule is CP(C)(=O)c1cccc(-c2cc(C(=O)NCc3ccc(C(=O)O)cc3)c3c(ccn3Cc3ccc4cc(Cl)ccc4n3)c2)c1. The summed E-state index contributed by atoms with van der Waals surface area (Å²) >= 11 is 6.15. The van der Waals surface area contributed by atoms with E-state index in [4.69, 9.17) is 16.6 Å². The first-order chi connectivity index (χ1) is 21.0. The van der Waals surface area contributed by atoms with Gasteiger partial charge in [-0.05, 0) is 90.7 Å². The van der Waals surface area contributed by atoms with Crippen molar-refractivity contribution in [2.24, 2.45) is 0 Å². The van der Waals surface area contributed by atoms with Crippen LogP contribution in [0, 0.1) is 0 Å². The lowest BCUT2D eigenvalue weighted by Gasteiger charge is -2.14. The average Bonchev–Trinajstić information content (AvgIpc) is 3.41. The molecule has 2 heterocycles. The summed E-state index contributed by atoms with van der Waals surface area (Å²) in [6.45, 7) is 4.16. The third-order valence-corrected chi connectivity index (χ3v) is 9.36. The fourth-order valence-corrected chi connectivity index (χ4v) is 6.36. The molecule has 0 aliphatic carbocycles. The smallest absolute Gasteiger partial charge is 0.335 e. The number of aromatic nitrogens is 2. The maximum Gasteiger partial charge on any atom is 0.335 e. The fraction of sp³-hybridized carbons (Fsp3) is 0.114. The van der Waals surface area contributed by atoms with Crippen molar-refractivity contribution in [1.29, 1.82) is 0 Å². The lowest BCUT2D eigenvalue weighted by atomic mass is 9.99. The third-order valence-electron chi connectivity index (χ3n) is 7.60. The molecule has 9 heteroatoms. The maximum absolute atomic E-state index is 13.8.